The lowest BCUT2D eigenvalue weighted by molar-refractivity contribution is 0.624. The van der Waals surface area contributed by atoms with E-state index in [9.17, 15) is 0 Å². The second kappa shape index (κ2) is 5.03. The summed E-state index contributed by atoms with van der Waals surface area (Å²) in [6.45, 7) is 4.46. The second-order valence-corrected chi connectivity index (χ2v) is 6.02. The summed E-state index contributed by atoms with van der Waals surface area (Å²) in [5.74, 6) is 1.42. The molecule has 0 radical (unpaired) electrons. The van der Waals surface area contributed by atoms with Crippen molar-refractivity contribution in [2.24, 2.45) is 0 Å². The number of para-hydroxylation sites is 1. The summed E-state index contributed by atoms with van der Waals surface area (Å²) >= 11 is 0. The van der Waals surface area contributed by atoms with Crippen LogP contribution in [0.3, 0.4) is 0 Å². The first-order valence-corrected chi connectivity index (χ1v) is 7.75. The molecule has 3 aromatic carbocycles. The minimum atomic E-state index is 0.414. The Morgan fingerprint density at radius 3 is 2.23 bits per heavy atom. The summed E-state index contributed by atoms with van der Waals surface area (Å²) in [4.78, 5) is 0. The Hall–Kier alpha value is -2.54. The van der Waals surface area contributed by atoms with Crippen molar-refractivity contribution in [3.63, 3.8) is 0 Å². The topological polar surface area (TPSA) is 13.1 Å². The molecule has 22 heavy (non-hydrogen) atoms. The maximum Gasteiger partial charge on any atom is 0.139 e. The van der Waals surface area contributed by atoms with Crippen molar-refractivity contribution < 1.29 is 4.42 Å². The molecule has 4 aromatic rings. The Bertz CT molecular complexity index is 955. The van der Waals surface area contributed by atoms with Crippen molar-refractivity contribution >= 4 is 21.7 Å². The number of furan rings is 1. The maximum atomic E-state index is 6.25. The van der Waals surface area contributed by atoms with E-state index in [0.29, 0.717) is 5.92 Å². The van der Waals surface area contributed by atoms with Crippen molar-refractivity contribution in [1.82, 2.24) is 0 Å². The van der Waals surface area contributed by atoms with Crippen molar-refractivity contribution in [3.05, 3.63) is 72.3 Å². The number of hydrogen-bond donors (Lipinski definition) is 0. The monoisotopic (exact) mass is 286 g/mol. The lowest BCUT2D eigenvalue weighted by atomic mass is 9.94. The standard InChI is InChI=1S/C21H18O/c1-14(2)20-18-11-5-6-13-19(18)22-21(20)17-12-7-9-15-8-3-4-10-16(15)17/h3-14H,1-2H3. The molecule has 0 unspecified atom stereocenters. The van der Waals surface area contributed by atoms with Gasteiger partial charge in [0.15, 0.2) is 0 Å². The molecule has 0 atom stereocenters. The first kappa shape index (κ1) is 13.1. The minimum Gasteiger partial charge on any atom is -0.456 e. The zero-order valence-electron chi connectivity index (χ0n) is 12.8. The molecule has 0 saturated heterocycles. The van der Waals surface area contributed by atoms with Crippen LogP contribution in [0.1, 0.15) is 25.3 Å². The zero-order chi connectivity index (χ0) is 15.1. The summed E-state index contributed by atoms with van der Waals surface area (Å²) < 4.78 is 6.25. The predicted octanol–water partition coefficient (Wildman–Crippen LogP) is 6.38. The van der Waals surface area contributed by atoms with E-state index < -0.39 is 0 Å². The lowest BCUT2D eigenvalue weighted by Gasteiger charge is -2.09. The van der Waals surface area contributed by atoms with Crippen LogP contribution in [0.5, 0.6) is 0 Å². The van der Waals surface area contributed by atoms with Gasteiger partial charge in [0.25, 0.3) is 0 Å². The fraction of sp³-hybridized carbons (Fsp3) is 0.143. The molecule has 1 heteroatoms. The van der Waals surface area contributed by atoms with Gasteiger partial charge in [0, 0.05) is 16.5 Å². The van der Waals surface area contributed by atoms with Gasteiger partial charge in [-0.1, -0.05) is 74.5 Å². The number of fused-ring (bicyclic) bond motifs is 2. The van der Waals surface area contributed by atoms with Crippen molar-refractivity contribution in [1.29, 1.82) is 0 Å². The summed E-state index contributed by atoms with van der Waals surface area (Å²) in [5.41, 5.74) is 3.44. The predicted molar refractivity (Wildman–Crippen MR) is 93.2 cm³/mol. The lowest BCUT2D eigenvalue weighted by Crippen LogP contribution is -1.89. The molecule has 4 rings (SSSR count). The summed E-state index contributed by atoms with van der Waals surface area (Å²) in [7, 11) is 0. The van der Waals surface area contributed by atoms with Gasteiger partial charge in [0.05, 0.1) is 0 Å². The van der Waals surface area contributed by atoms with Gasteiger partial charge in [-0.05, 0) is 22.8 Å². The van der Waals surface area contributed by atoms with Crippen molar-refractivity contribution in [2.45, 2.75) is 19.8 Å². The molecule has 0 fully saturated rings. The SMILES string of the molecule is CC(C)c1c(-c2cccc3ccccc23)oc2ccccc12. The van der Waals surface area contributed by atoms with E-state index in [0.717, 1.165) is 11.3 Å². The van der Waals surface area contributed by atoms with E-state index in [-0.39, 0.29) is 0 Å². The molecule has 1 heterocycles. The van der Waals surface area contributed by atoms with Gasteiger partial charge >= 0.3 is 0 Å². The van der Waals surface area contributed by atoms with E-state index in [4.69, 9.17) is 4.42 Å². The molecule has 0 bridgehead atoms. The van der Waals surface area contributed by atoms with E-state index in [1.54, 1.807) is 0 Å². The Labute approximate surface area is 130 Å². The molecular weight excluding hydrogens is 268 g/mol. The average Bonchev–Trinajstić information content (AvgIpc) is 2.93. The van der Waals surface area contributed by atoms with Crippen LogP contribution in [0.4, 0.5) is 0 Å². The fourth-order valence-electron chi connectivity index (χ4n) is 3.26. The van der Waals surface area contributed by atoms with Gasteiger partial charge in [0.1, 0.15) is 11.3 Å². The third-order valence-corrected chi connectivity index (χ3v) is 4.25. The van der Waals surface area contributed by atoms with Crippen molar-refractivity contribution in [3.8, 4) is 11.3 Å². The Morgan fingerprint density at radius 2 is 1.41 bits per heavy atom. The van der Waals surface area contributed by atoms with Gasteiger partial charge in [-0.15, -0.1) is 0 Å². The number of benzene rings is 3. The number of hydrogen-bond acceptors (Lipinski definition) is 1. The Morgan fingerprint density at radius 1 is 0.727 bits per heavy atom. The third kappa shape index (κ3) is 1.93. The summed E-state index contributed by atoms with van der Waals surface area (Å²) in [6, 6.07) is 23.2. The highest BCUT2D eigenvalue weighted by Gasteiger charge is 2.19. The zero-order valence-corrected chi connectivity index (χ0v) is 12.8. The van der Waals surface area contributed by atoms with E-state index in [1.807, 2.05) is 6.07 Å². The molecule has 1 nitrogen and oxygen atoms in total. The molecule has 0 aliphatic carbocycles. The Kier molecular flexibility index (Phi) is 3.00. The van der Waals surface area contributed by atoms with Crippen molar-refractivity contribution in [2.75, 3.05) is 0 Å². The Balaban J connectivity index is 2.10. The van der Waals surface area contributed by atoms with Crippen LogP contribution in [0, 0.1) is 0 Å². The van der Waals surface area contributed by atoms with E-state index in [2.05, 4.69) is 74.5 Å². The first-order valence-electron chi connectivity index (χ1n) is 7.75. The second-order valence-electron chi connectivity index (χ2n) is 6.02. The van der Waals surface area contributed by atoms with E-state index >= 15 is 0 Å². The van der Waals surface area contributed by atoms with Gasteiger partial charge in [-0.2, -0.15) is 0 Å². The first-order chi connectivity index (χ1) is 10.8. The largest absolute Gasteiger partial charge is 0.456 e. The maximum absolute atomic E-state index is 6.25. The highest BCUT2D eigenvalue weighted by Crippen LogP contribution is 2.40. The van der Waals surface area contributed by atoms with Gasteiger partial charge in [-0.25, -0.2) is 0 Å². The highest BCUT2D eigenvalue weighted by molar-refractivity contribution is 5.99. The van der Waals surface area contributed by atoms with Crippen LogP contribution in [0.15, 0.2) is 71.1 Å². The highest BCUT2D eigenvalue weighted by atomic mass is 16.3. The van der Waals surface area contributed by atoms with Crippen LogP contribution in [0.2, 0.25) is 0 Å². The molecule has 0 N–H and O–H groups in total. The fourth-order valence-corrected chi connectivity index (χ4v) is 3.26. The van der Waals surface area contributed by atoms with Crippen LogP contribution < -0.4 is 0 Å². The summed E-state index contributed by atoms with van der Waals surface area (Å²) in [6.07, 6.45) is 0. The van der Waals surface area contributed by atoms with Crippen LogP contribution >= 0.6 is 0 Å². The van der Waals surface area contributed by atoms with Crippen LogP contribution in [-0.4, -0.2) is 0 Å². The van der Waals surface area contributed by atoms with Gasteiger partial charge in [-0.3, -0.25) is 0 Å². The molecule has 1 aromatic heterocycles. The van der Waals surface area contributed by atoms with Crippen LogP contribution in [-0.2, 0) is 0 Å². The van der Waals surface area contributed by atoms with Gasteiger partial charge in [0.2, 0.25) is 0 Å². The molecule has 108 valence electrons. The minimum absolute atomic E-state index is 0.414. The van der Waals surface area contributed by atoms with Crippen LogP contribution in [0.25, 0.3) is 33.1 Å². The normalized spacial score (nSPS) is 11.6. The van der Waals surface area contributed by atoms with Gasteiger partial charge < -0.3 is 4.42 Å². The number of rotatable bonds is 2. The third-order valence-electron chi connectivity index (χ3n) is 4.25. The molecular formula is C21H18O. The molecule has 0 aliphatic heterocycles. The molecule has 0 spiro atoms. The molecule has 0 amide bonds. The average molecular weight is 286 g/mol. The molecule has 0 aliphatic rings. The quantitative estimate of drug-likeness (QED) is 0.417. The van der Waals surface area contributed by atoms with E-state index in [1.165, 1.54) is 27.3 Å². The molecule has 0 saturated carbocycles. The smallest absolute Gasteiger partial charge is 0.139 e. The summed E-state index contributed by atoms with van der Waals surface area (Å²) in [5, 5.41) is 3.71.